The van der Waals surface area contributed by atoms with Crippen LogP contribution in [0.15, 0.2) is 46.2 Å². The highest BCUT2D eigenvalue weighted by Gasteiger charge is 2.18. The molecular formula is C22H24FN7O3. The molecule has 0 aliphatic heterocycles. The van der Waals surface area contributed by atoms with Gasteiger partial charge in [-0.1, -0.05) is 0 Å². The van der Waals surface area contributed by atoms with Crippen LogP contribution in [0.5, 0.6) is 0 Å². The Kier molecular flexibility index (Phi) is 5.95. The maximum Gasteiger partial charge on any atom is 0.332 e. The highest BCUT2D eigenvalue weighted by Crippen LogP contribution is 2.18. The van der Waals surface area contributed by atoms with Gasteiger partial charge in [0.1, 0.15) is 12.4 Å². The Balaban J connectivity index is 1.38. The third-order valence-electron chi connectivity index (χ3n) is 5.63. The molecule has 1 aromatic carbocycles. The highest BCUT2D eigenvalue weighted by molar-refractivity contribution is 5.76. The summed E-state index contributed by atoms with van der Waals surface area (Å²) in [4.78, 5) is 43.6. The van der Waals surface area contributed by atoms with Crippen molar-refractivity contribution in [1.29, 1.82) is 0 Å². The summed E-state index contributed by atoms with van der Waals surface area (Å²) in [7, 11) is 4.82. The van der Waals surface area contributed by atoms with E-state index in [1.807, 2.05) is 6.07 Å². The molecule has 0 radical (unpaired) electrons. The van der Waals surface area contributed by atoms with E-state index in [0.717, 1.165) is 21.5 Å². The van der Waals surface area contributed by atoms with Crippen LogP contribution in [0.4, 0.5) is 4.39 Å². The van der Waals surface area contributed by atoms with Crippen LogP contribution in [-0.4, -0.2) is 53.3 Å². The first-order valence-electron chi connectivity index (χ1n) is 10.4. The lowest BCUT2D eigenvalue weighted by atomic mass is 10.1. The maximum absolute atomic E-state index is 13.1. The second kappa shape index (κ2) is 8.85. The molecule has 172 valence electrons. The number of carbonyl (C=O) groups excluding carboxylic acids is 1. The van der Waals surface area contributed by atoms with Crippen LogP contribution in [0, 0.1) is 5.82 Å². The number of amides is 1. The molecule has 0 aliphatic carbocycles. The molecule has 4 rings (SSSR count). The molecule has 10 nitrogen and oxygen atoms in total. The van der Waals surface area contributed by atoms with Crippen molar-refractivity contribution in [1.82, 2.24) is 33.8 Å². The zero-order valence-corrected chi connectivity index (χ0v) is 18.6. The Bertz CT molecular complexity index is 1430. The number of nitrogens with one attached hydrogen (secondary N) is 1. The van der Waals surface area contributed by atoms with E-state index < -0.39 is 11.2 Å². The molecule has 3 heterocycles. The van der Waals surface area contributed by atoms with Gasteiger partial charge in [0.15, 0.2) is 11.2 Å². The van der Waals surface area contributed by atoms with Crippen molar-refractivity contribution in [3.05, 3.63) is 69.0 Å². The number of hydrogen-bond acceptors (Lipinski definition) is 5. The third kappa shape index (κ3) is 4.34. The molecular weight excluding hydrogens is 429 g/mol. The third-order valence-corrected chi connectivity index (χ3v) is 5.63. The number of fused-ring (bicyclic) bond motifs is 1. The standard InChI is InChI=1S/C22H24FN7O3/c1-27(10-4-5-16-11-17(26-25-16)14-6-8-15(23)9-7-14)18(31)12-30-21(32)19-20(24-13-28(19)2)29(3)22(30)33/h6-9,11,13H,4-5,10,12H2,1-3H3,(H,25,26). The van der Waals surface area contributed by atoms with Crippen LogP contribution in [0.2, 0.25) is 0 Å². The van der Waals surface area contributed by atoms with Crippen molar-refractivity contribution in [3.8, 4) is 11.3 Å². The predicted octanol–water partition coefficient (Wildman–Crippen LogP) is 1.05. The van der Waals surface area contributed by atoms with Gasteiger partial charge in [0, 0.05) is 38.9 Å². The first-order valence-corrected chi connectivity index (χ1v) is 10.4. The molecule has 4 aromatic rings. The second-order valence-corrected chi connectivity index (χ2v) is 7.96. The lowest BCUT2D eigenvalue weighted by Gasteiger charge is -2.17. The minimum absolute atomic E-state index is 0.267. The van der Waals surface area contributed by atoms with Gasteiger partial charge in [-0.2, -0.15) is 5.10 Å². The summed E-state index contributed by atoms with van der Waals surface area (Å²) >= 11 is 0. The molecule has 0 saturated heterocycles. The monoisotopic (exact) mass is 453 g/mol. The van der Waals surface area contributed by atoms with Gasteiger partial charge in [0.05, 0.1) is 12.0 Å². The zero-order valence-electron chi connectivity index (χ0n) is 18.6. The molecule has 3 aromatic heterocycles. The number of aromatic amines is 1. The van der Waals surface area contributed by atoms with Gasteiger partial charge in [0.25, 0.3) is 5.56 Å². The maximum atomic E-state index is 13.1. The number of halogens is 1. The van der Waals surface area contributed by atoms with Gasteiger partial charge in [-0.15, -0.1) is 0 Å². The number of H-pyrrole nitrogens is 1. The Hall–Kier alpha value is -4.02. The van der Waals surface area contributed by atoms with E-state index in [1.54, 1.807) is 26.2 Å². The average Bonchev–Trinajstić information content (AvgIpc) is 3.42. The number of aromatic nitrogens is 6. The number of aryl methyl sites for hydroxylation is 3. The van der Waals surface area contributed by atoms with E-state index in [4.69, 9.17) is 0 Å². The Morgan fingerprint density at radius 3 is 2.64 bits per heavy atom. The fourth-order valence-corrected chi connectivity index (χ4v) is 3.68. The van der Waals surface area contributed by atoms with Gasteiger partial charge in [-0.3, -0.25) is 19.3 Å². The van der Waals surface area contributed by atoms with E-state index in [0.29, 0.717) is 19.4 Å². The summed E-state index contributed by atoms with van der Waals surface area (Å²) in [6.45, 7) is 0.0919. The van der Waals surface area contributed by atoms with Gasteiger partial charge in [-0.05, 0) is 43.2 Å². The number of imidazole rings is 1. The Labute approximate surface area is 187 Å². The Morgan fingerprint density at radius 2 is 1.91 bits per heavy atom. The summed E-state index contributed by atoms with van der Waals surface area (Å²) in [5.41, 5.74) is 1.84. The summed E-state index contributed by atoms with van der Waals surface area (Å²) in [6.07, 6.45) is 2.76. The second-order valence-electron chi connectivity index (χ2n) is 7.96. The van der Waals surface area contributed by atoms with Crippen molar-refractivity contribution in [2.24, 2.45) is 14.1 Å². The molecule has 1 N–H and O–H groups in total. The quantitative estimate of drug-likeness (QED) is 0.450. The van der Waals surface area contributed by atoms with E-state index in [1.165, 1.54) is 39.5 Å². The fraction of sp³-hybridized carbons (Fsp3) is 0.318. The number of rotatable bonds is 7. The molecule has 0 bridgehead atoms. The largest absolute Gasteiger partial charge is 0.344 e. The van der Waals surface area contributed by atoms with Crippen LogP contribution in [0.25, 0.3) is 22.4 Å². The smallest absolute Gasteiger partial charge is 0.332 e. The molecule has 0 fully saturated rings. The van der Waals surface area contributed by atoms with Crippen LogP contribution in [0.3, 0.4) is 0 Å². The predicted molar refractivity (Wildman–Crippen MR) is 120 cm³/mol. The lowest BCUT2D eigenvalue weighted by Crippen LogP contribution is -2.44. The normalized spacial score (nSPS) is 11.3. The fourth-order valence-electron chi connectivity index (χ4n) is 3.68. The first kappa shape index (κ1) is 22.2. The van der Waals surface area contributed by atoms with Crippen molar-refractivity contribution in [3.63, 3.8) is 0 Å². The first-order chi connectivity index (χ1) is 15.8. The SMILES string of the molecule is CN(CCCc1cc(-c2ccc(F)cc2)n[nH]1)C(=O)Cn1c(=O)c2c(ncn2C)n(C)c1=O. The molecule has 11 heteroatoms. The summed E-state index contributed by atoms with van der Waals surface area (Å²) in [5.74, 6) is -0.644. The summed E-state index contributed by atoms with van der Waals surface area (Å²) in [6, 6.07) is 7.99. The molecule has 0 spiro atoms. The van der Waals surface area contributed by atoms with E-state index in [9.17, 15) is 18.8 Å². The number of carbonyl (C=O) groups is 1. The topological polar surface area (TPSA) is 111 Å². The highest BCUT2D eigenvalue weighted by atomic mass is 19.1. The lowest BCUT2D eigenvalue weighted by molar-refractivity contribution is -0.130. The minimum Gasteiger partial charge on any atom is -0.344 e. The van der Waals surface area contributed by atoms with Crippen molar-refractivity contribution >= 4 is 17.1 Å². The average molecular weight is 453 g/mol. The van der Waals surface area contributed by atoms with Crippen molar-refractivity contribution in [2.75, 3.05) is 13.6 Å². The Morgan fingerprint density at radius 1 is 1.18 bits per heavy atom. The van der Waals surface area contributed by atoms with Crippen LogP contribution < -0.4 is 11.2 Å². The van der Waals surface area contributed by atoms with Crippen LogP contribution in [-0.2, 0) is 31.9 Å². The number of likely N-dealkylation sites (N-methyl/N-ethyl adjacent to an activating group) is 1. The van der Waals surface area contributed by atoms with Crippen molar-refractivity contribution < 1.29 is 9.18 Å². The van der Waals surface area contributed by atoms with E-state index in [-0.39, 0.29) is 29.4 Å². The zero-order chi connectivity index (χ0) is 23.7. The number of hydrogen-bond donors (Lipinski definition) is 1. The molecule has 1 amide bonds. The molecule has 0 saturated carbocycles. The van der Waals surface area contributed by atoms with Crippen LogP contribution in [0.1, 0.15) is 12.1 Å². The summed E-state index contributed by atoms with van der Waals surface area (Å²) in [5, 5.41) is 7.21. The molecule has 33 heavy (non-hydrogen) atoms. The number of nitrogens with zero attached hydrogens (tertiary/aromatic N) is 6. The van der Waals surface area contributed by atoms with Gasteiger partial charge < -0.3 is 9.47 Å². The van der Waals surface area contributed by atoms with Crippen LogP contribution >= 0.6 is 0 Å². The minimum atomic E-state index is -0.585. The number of benzene rings is 1. The molecule has 0 aliphatic rings. The molecule has 0 unspecified atom stereocenters. The van der Waals surface area contributed by atoms with E-state index >= 15 is 0 Å². The van der Waals surface area contributed by atoms with Gasteiger partial charge in [-0.25, -0.2) is 18.7 Å². The molecule has 0 atom stereocenters. The summed E-state index contributed by atoms with van der Waals surface area (Å²) < 4.78 is 16.8. The van der Waals surface area contributed by atoms with Gasteiger partial charge in [0.2, 0.25) is 5.91 Å². The van der Waals surface area contributed by atoms with Crippen molar-refractivity contribution in [2.45, 2.75) is 19.4 Å². The van der Waals surface area contributed by atoms with Gasteiger partial charge >= 0.3 is 5.69 Å². The van der Waals surface area contributed by atoms with E-state index in [2.05, 4.69) is 15.2 Å².